The summed E-state index contributed by atoms with van der Waals surface area (Å²) in [5.41, 5.74) is 1.10. The molecule has 0 saturated heterocycles. The molecule has 2 rings (SSSR count). The van der Waals surface area contributed by atoms with Crippen LogP contribution in [0.2, 0.25) is 0 Å². The third-order valence-electron chi connectivity index (χ3n) is 3.90. The van der Waals surface area contributed by atoms with Crippen molar-refractivity contribution in [3.05, 3.63) is 29.8 Å². The molecule has 0 bridgehead atoms. The molecule has 0 amide bonds. The van der Waals surface area contributed by atoms with E-state index in [9.17, 15) is 8.42 Å². The topological polar surface area (TPSA) is 58.2 Å². The lowest BCUT2D eigenvalue weighted by atomic mass is 9.83. The first kappa shape index (κ1) is 15.5. The van der Waals surface area contributed by atoms with Crippen LogP contribution in [0, 0.1) is 5.92 Å². The first-order valence-electron chi connectivity index (χ1n) is 7.28. The summed E-state index contributed by atoms with van der Waals surface area (Å²) < 4.78 is 27.2. The normalized spacial score (nSPS) is 24.1. The van der Waals surface area contributed by atoms with E-state index in [0.29, 0.717) is 10.8 Å². The van der Waals surface area contributed by atoms with Crippen molar-refractivity contribution in [1.29, 1.82) is 0 Å². The molecule has 112 valence electrons. The standard InChI is InChI=1S/C15H24N2O2S/c1-4-16-12(3)13-5-7-15(8-6-13)20(18,19)17-14-9-11(2)10-14/h5-8,11-12,14,16-17H,4,9-10H2,1-3H3. The Morgan fingerprint density at radius 2 is 1.85 bits per heavy atom. The van der Waals surface area contributed by atoms with Gasteiger partial charge in [0.2, 0.25) is 10.0 Å². The molecule has 5 heteroatoms. The average Bonchev–Trinajstić information content (AvgIpc) is 2.37. The lowest BCUT2D eigenvalue weighted by Gasteiger charge is -2.32. The summed E-state index contributed by atoms with van der Waals surface area (Å²) in [6, 6.07) is 7.48. The molecule has 1 aromatic rings. The number of rotatable bonds is 6. The third kappa shape index (κ3) is 3.59. The zero-order chi connectivity index (χ0) is 14.8. The summed E-state index contributed by atoms with van der Waals surface area (Å²) in [5, 5.41) is 3.31. The number of benzene rings is 1. The minimum absolute atomic E-state index is 0.107. The zero-order valence-corrected chi connectivity index (χ0v) is 13.2. The van der Waals surface area contributed by atoms with E-state index >= 15 is 0 Å². The first-order chi connectivity index (χ1) is 9.42. The van der Waals surface area contributed by atoms with Crippen LogP contribution < -0.4 is 10.0 Å². The van der Waals surface area contributed by atoms with Gasteiger partial charge in [0, 0.05) is 12.1 Å². The highest BCUT2D eigenvalue weighted by Gasteiger charge is 2.29. The fourth-order valence-electron chi connectivity index (χ4n) is 2.65. The van der Waals surface area contributed by atoms with Crippen LogP contribution in [-0.4, -0.2) is 21.0 Å². The van der Waals surface area contributed by atoms with Crippen molar-refractivity contribution >= 4 is 10.0 Å². The summed E-state index contributed by atoms with van der Waals surface area (Å²) in [6.07, 6.45) is 1.88. The van der Waals surface area contributed by atoms with E-state index in [1.165, 1.54) is 0 Å². The van der Waals surface area contributed by atoms with Gasteiger partial charge in [-0.15, -0.1) is 0 Å². The first-order valence-corrected chi connectivity index (χ1v) is 8.76. The SMILES string of the molecule is CCNC(C)c1ccc(S(=O)(=O)NC2CC(C)C2)cc1. The average molecular weight is 296 g/mol. The summed E-state index contributed by atoms with van der Waals surface area (Å²) in [6.45, 7) is 7.16. The lowest BCUT2D eigenvalue weighted by Crippen LogP contribution is -2.43. The molecule has 0 radical (unpaired) electrons. The third-order valence-corrected chi connectivity index (χ3v) is 5.43. The number of hydrogen-bond acceptors (Lipinski definition) is 3. The van der Waals surface area contributed by atoms with Crippen LogP contribution >= 0.6 is 0 Å². The molecule has 0 heterocycles. The molecule has 1 fully saturated rings. The van der Waals surface area contributed by atoms with Gasteiger partial charge >= 0.3 is 0 Å². The highest BCUT2D eigenvalue weighted by molar-refractivity contribution is 7.89. The maximum absolute atomic E-state index is 12.2. The second-order valence-electron chi connectivity index (χ2n) is 5.74. The molecule has 0 aromatic heterocycles. The van der Waals surface area contributed by atoms with Crippen molar-refractivity contribution in [1.82, 2.24) is 10.0 Å². The van der Waals surface area contributed by atoms with Crippen molar-refractivity contribution in [2.75, 3.05) is 6.54 Å². The molecule has 0 spiro atoms. The van der Waals surface area contributed by atoms with Crippen molar-refractivity contribution in [3.63, 3.8) is 0 Å². The Kier molecular flexibility index (Phi) is 4.83. The summed E-state index contributed by atoms with van der Waals surface area (Å²) >= 11 is 0. The Balaban J connectivity index is 2.05. The molecule has 1 saturated carbocycles. The second kappa shape index (κ2) is 6.24. The van der Waals surface area contributed by atoms with Gasteiger partial charge in [-0.1, -0.05) is 26.0 Å². The molecule has 20 heavy (non-hydrogen) atoms. The fourth-order valence-corrected chi connectivity index (χ4v) is 3.91. The molecular weight excluding hydrogens is 272 g/mol. The van der Waals surface area contributed by atoms with Crippen LogP contribution in [0.15, 0.2) is 29.2 Å². The van der Waals surface area contributed by atoms with Gasteiger partial charge in [-0.25, -0.2) is 13.1 Å². The molecule has 2 N–H and O–H groups in total. The van der Waals surface area contributed by atoms with E-state index in [4.69, 9.17) is 0 Å². The van der Waals surface area contributed by atoms with E-state index < -0.39 is 10.0 Å². The molecule has 1 aliphatic carbocycles. The van der Waals surface area contributed by atoms with Crippen molar-refractivity contribution in [2.24, 2.45) is 5.92 Å². The molecule has 1 atom stereocenters. The van der Waals surface area contributed by atoms with E-state index in [2.05, 4.69) is 30.8 Å². The minimum Gasteiger partial charge on any atom is -0.310 e. The molecule has 4 nitrogen and oxygen atoms in total. The highest BCUT2D eigenvalue weighted by atomic mass is 32.2. The Labute approximate surface area is 122 Å². The monoisotopic (exact) mass is 296 g/mol. The van der Waals surface area contributed by atoms with Gasteiger partial charge in [0.1, 0.15) is 0 Å². The fraction of sp³-hybridized carbons (Fsp3) is 0.600. The summed E-state index contributed by atoms with van der Waals surface area (Å²) in [4.78, 5) is 0.351. The predicted octanol–water partition coefficient (Wildman–Crippen LogP) is 2.43. The molecule has 1 aliphatic rings. The van der Waals surface area contributed by atoms with E-state index in [1.54, 1.807) is 12.1 Å². The Hall–Kier alpha value is -0.910. The maximum Gasteiger partial charge on any atom is 0.240 e. The van der Waals surface area contributed by atoms with Crippen LogP contribution in [0.3, 0.4) is 0 Å². The van der Waals surface area contributed by atoms with Crippen LogP contribution in [0.4, 0.5) is 0 Å². The smallest absolute Gasteiger partial charge is 0.240 e. The van der Waals surface area contributed by atoms with Crippen molar-refractivity contribution in [3.8, 4) is 0 Å². The summed E-state index contributed by atoms with van der Waals surface area (Å²) in [7, 11) is -3.37. The van der Waals surface area contributed by atoms with Gasteiger partial charge in [0.25, 0.3) is 0 Å². The lowest BCUT2D eigenvalue weighted by molar-refractivity contribution is 0.270. The molecule has 1 aromatic carbocycles. The Bertz CT molecular complexity index is 533. The quantitative estimate of drug-likeness (QED) is 0.847. The van der Waals surface area contributed by atoms with Crippen LogP contribution in [-0.2, 0) is 10.0 Å². The minimum atomic E-state index is -3.37. The highest BCUT2D eigenvalue weighted by Crippen LogP contribution is 2.28. The molecular formula is C15H24N2O2S. The van der Waals surface area contributed by atoms with Gasteiger partial charge < -0.3 is 5.32 Å². The number of nitrogens with one attached hydrogen (secondary N) is 2. The van der Waals surface area contributed by atoms with Crippen molar-refractivity contribution in [2.45, 2.75) is 50.6 Å². The van der Waals surface area contributed by atoms with E-state index in [1.807, 2.05) is 12.1 Å². The van der Waals surface area contributed by atoms with E-state index in [-0.39, 0.29) is 12.1 Å². The van der Waals surface area contributed by atoms with Crippen LogP contribution in [0.25, 0.3) is 0 Å². The number of sulfonamides is 1. The van der Waals surface area contributed by atoms with Gasteiger partial charge in [0.15, 0.2) is 0 Å². The van der Waals surface area contributed by atoms with Crippen LogP contribution in [0.1, 0.15) is 45.2 Å². The number of hydrogen-bond donors (Lipinski definition) is 2. The van der Waals surface area contributed by atoms with E-state index in [0.717, 1.165) is 24.9 Å². The predicted molar refractivity (Wildman–Crippen MR) is 81.0 cm³/mol. The van der Waals surface area contributed by atoms with Crippen LogP contribution in [0.5, 0.6) is 0 Å². The largest absolute Gasteiger partial charge is 0.310 e. The Morgan fingerprint density at radius 3 is 2.35 bits per heavy atom. The van der Waals surface area contributed by atoms with Gasteiger partial charge in [-0.3, -0.25) is 0 Å². The molecule has 0 aliphatic heterocycles. The summed E-state index contributed by atoms with van der Waals surface area (Å²) in [5.74, 6) is 0.631. The van der Waals surface area contributed by atoms with Gasteiger partial charge in [-0.2, -0.15) is 0 Å². The van der Waals surface area contributed by atoms with Gasteiger partial charge in [-0.05, 0) is 49.9 Å². The second-order valence-corrected chi connectivity index (χ2v) is 7.46. The zero-order valence-electron chi connectivity index (χ0n) is 12.4. The Morgan fingerprint density at radius 1 is 1.25 bits per heavy atom. The van der Waals surface area contributed by atoms with Crippen molar-refractivity contribution < 1.29 is 8.42 Å². The van der Waals surface area contributed by atoms with Gasteiger partial charge in [0.05, 0.1) is 4.90 Å². The maximum atomic E-state index is 12.2. The molecule has 1 unspecified atom stereocenters.